The van der Waals surface area contributed by atoms with Crippen LogP contribution in [0.2, 0.25) is 0 Å². The molecular formula is C15H12N2O2S. The number of non-ortho nitro benzene ring substituents is 1. The van der Waals surface area contributed by atoms with E-state index in [1.165, 1.54) is 23.0 Å². The number of benzene rings is 2. The van der Waals surface area contributed by atoms with Gasteiger partial charge in [-0.25, -0.2) is 0 Å². The van der Waals surface area contributed by atoms with Crippen LogP contribution in [0, 0.1) is 10.1 Å². The quantitative estimate of drug-likeness (QED) is 0.534. The Morgan fingerprint density at radius 2 is 1.80 bits per heavy atom. The average Bonchev–Trinajstić information content (AvgIpc) is 2.77. The first-order valence-corrected chi connectivity index (χ1v) is 6.93. The van der Waals surface area contributed by atoms with Crippen molar-refractivity contribution in [2.75, 3.05) is 0 Å². The molecule has 0 aliphatic rings. The number of nitro benzene ring substituents is 1. The van der Waals surface area contributed by atoms with Gasteiger partial charge in [0.15, 0.2) is 0 Å². The van der Waals surface area contributed by atoms with Gasteiger partial charge in [-0.2, -0.15) is 0 Å². The van der Waals surface area contributed by atoms with Gasteiger partial charge in [0.1, 0.15) is 0 Å². The van der Waals surface area contributed by atoms with Crippen LogP contribution in [0.1, 0.15) is 0 Å². The summed E-state index contributed by atoms with van der Waals surface area (Å²) in [6.07, 6.45) is 2.08. The molecule has 4 nitrogen and oxygen atoms in total. The van der Waals surface area contributed by atoms with Crippen molar-refractivity contribution in [2.45, 2.75) is 9.79 Å². The molecule has 0 radical (unpaired) electrons. The lowest BCUT2D eigenvalue weighted by Crippen LogP contribution is -1.86. The van der Waals surface area contributed by atoms with E-state index in [2.05, 4.69) is 22.9 Å². The highest BCUT2D eigenvalue weighted by molar-refractivity contribution is 7.99. The molecule has 20 heavy (non-hydrogen) atoms. The molecule has 0 atom stereocenters. The number of para-hydroxylation sites is 1. The van der Waals surface area contributed by atoms with Gasteiger partial charge < -0.3 is 4.57 Å². The summed E-state index contributed by atoms with van der Waals surface area (Å²) in [5, 5.41) is 11.8. The smallest absolute Gasteiger partial charge is 0.269 e. The predicted molar refractivity (Wildman–Crippen MR) is 80.1 cm³/mol. The molecule has 0 bridgehead atoms. The molecule has 0 fully saturated rings. The maximum atomic E-state index is 10.6. The normalized spacial score (nSPS) is 10.8. The minimum absolute atomic E-state index is 0.118. The summed E-state index contributed by atoms with van der Waals surface area (Å²) in [5.74, 6) is 0. The van der Waals surface area contributed by atoms with Crippen LogP contribution in [0.5, 0.6) is 0 Å². The number of fused-ring (bicyclic) bond motifs is 1. The zero-order valence-electron chi connectivity index (χ0n) is 10.8. The van der Waals surface area contributed by atoms with Crippen molar-refractivity contribution in [3.63, 3.8) is 0 Å². The molecule has 3 aromatic rings. The van der Waals surface area contributed by atoms with E-state index in [1.54, 1.807) is 23.9 Å². The third kappa shape index (κ3) is 2.28. The Balaban J connectivity index is 1.95. The van der Waals surface area contributed by atoms with E-state index >= 15 is 0 Å². The molecule has 0 N–H and O–H groups in total. The van der Waals surface area contributed by atoms with Crippen molar-refractivity contribution in [2.24, 2.45) is 7.05 Å². The highest BCUT2D eigenvalue weighted by atomic mass is 32.2. The maximum Gasteiger partial charge on any atom is 0.269 e. The summed E-state index contributed by atoms with van der Waals surface area (Å²) >= 11 is 1.61. The first kappa shape index (κ1) is 12.7. The van der Waals surface area contributed by atoms with Crippen molar-refractivity contribution < 1.29 is 4.92 Å². The number of nitrogens with zero attached hydrogens (tertiary/aromatic N) is 2. The topological polar surface area (TPSA) is 48.1 Å². The molecule has 100 valence electrons. The van der Waals surface area contributed by atoms with Crippen LogP contribution in [-0.4, -0.2) is 9.49 Å². The number of hydrogen-bond donors (Lipinski definition) is 0. The van der Waals surface area contributed by atoms with Crippen LogP contribution in [0.3, 0.4) is 0 Å². The third-order valence-electron chi connectivity index (χ3n) is 3.14. The largest absolute Gasteiger partial charge is 0.349 e. The Bertz CT molecular complexity index is 778. The molecule has 0 unspecified atom stereocenters. The Labute approximate surface area is 120 Å². The van der Waals surface area contributed by atoms with E-state index in [9.17, 15) is 10.1 Å². The van der Waals surface area contributed by atoms with E-state index in [4.69, 9.17) is 0 Å². The minimum atomic E-state index is -0.383. The van der Waals surface area contributed by atoms with E-state index in [1.807, 2.05) is 19.2 Å². The molecule has 1 heterocycles. The van der Waals surface area contributed by atoms with Crippen molar-refractivity contribution >= 4 is 28.4 Å². The number of aromatic nitrogens is 1. The van der Waals surface area contributed by atoms with Gasteiger partial charge in [0.05, 0.1) is 4.92 Å². The summed E-state index contributed by atoms with van der Waals surface area (Å²) in [6.45, 7) is 0. The van der Waals surface area contributed by atoms with Gasteiger partial charge in [-0.05, 0) is 18.2 Å². The molecule has 2 aromatic carbocycles. The minimum Gasteiger partial charge on any atom is -0.349 e. The lowest BCUT2D eigenvalue weighted by Gasteiger charge is -1.99. The Morgan fingerprint density at radius 3 is 2.50 bits per heavy atom. The summed E-state index contributed by atoms with van der Waals surface area (Å²) in [7, 11) is 2.02. The van der Waals surface area contributed by atoms with E-state index < -0.39 is 0 Å². The summed E-state index contributed by atoms with van der Waals surface area (Å²) < 4.78 is 2.09. The SMILES string of the molecule is Cn1cc(Sc2ccc([N+](=O)[O-])cc2)c2ccccc21. The lowest BCUT2D eigenvalue weighted by atomic mass is 10.2. The molecule has 1 aromatic heterocycles. The highest BCUT2D eigenvalue weighted by Crippen LogP contribution is 2.35. The molecule has 0 aliphatic heterocycles. The Hall–Kier alpha value is -2.27. The van der Waals surface area contributed by atoms with Crippen LogP contribution in [0.25, 0.3) is 10.9 Å². The molecule has 0 amide bonds. The van der Waals surface area contributed by atoms with Crippen LogP contribution in [-0.2, 0) is 7.05 Å². The first-order valence-electron chi connectivity index (χ1n) is 6.11. The van der Waals surface area contributed by atoms with Crippen molar-refractivity contribution in [3.05, 3.63) is 64.8 Å². The summed E-state index contributed by atoms with van der Waals surface area (Å²) in [4.78, 5) is 12.4. The molecule has 0 spiro atoms. The summed E-state index contributed by atoms with van der Waals surface area (Å²) in [5.41, 5.74) is 1.30. The van der Waals surface area contributed by atoms with Gasteiger partial charge >= 0.3 is 0 Å². The van der Waals surface area contributed by atoms with Gasteiger partial charge in [-0.1, -0.05) is 30.0 Å². The van der Waals surface area contributed by atoms with Gasteiger partial charge in [0, 0.05) is 46.1 Å². The number of aryl methyl sites for hydroxylation is 1. The monoisotopic (exact) mass is 284 g/mol. The highest BCUT2D eigenvalue weighted by Gasteiger charge is 2.09. The molecule has 0 saturated carbocycles. The van der Waals surface area contributed by atoms with Gasteiger partial charge in [0.2, 0.25) is 0 Å². The van der Waals surface area contributed by atoms with Crippen molar-refractivity contribution in [3.8, 4) is 0 Å². The molecule has 0 saturated heterocycles. The van der Waals surface area contributed by atoms with Crippen LogP contribution in [0.4, 0.5) is 5.69 Å². The van der Waals surface area contributed by atoms with Crippen LogP contribution >= 0.6 is 11.8 Å². The van der Waals surface area contributed by atoms with Gasteiger partial charge in [-0.15, -0.1) is 0 Å². The van der Waals surface area contributed by atoms with Gasteiger partial charge in [-0.3, -0.25) is 10.1 Å². The fourth-order valence-corrected chi connectivity index (χ4v) is 3.17. The number of nitro groups is 1. The molecule has 3 rings (SSSR count). The van der Waals surface area contributed by atoms with Crippen molar-refractivity contribution in [1.29, 1.82) is 0 Å². The lowest BCUT2D eigenvalue weighted by molar-refractivity contribution is -0.384. The predicted octanol–water partition coefficient (Wildman–Crippen LogP) is 4.24. The molecule has 0 aliphatic carbocycles. The van der Waals surface area contributed by atoms with E-state index in [0.29, 0.717) is 0 Å². The standard InChI is InChI=1S/C15H12N2O2S/c1-16-10-15(13-4-2-3-5-14(13)16)20-12-8-6-11(7-9-12)17(18)19/h2-10H,1H3. The summed E-state index contributed by atoms with van der Waals surface area (Å²) in [6, 6.07) is 14.8. The number of rotatable bonds is 3. The fourth-order valence-electron chi connectivity index (χ4n) is 2.15. The van der Waals surface area contributed by atoms with Crippen LogP contribution in [0.15, 0.2) is 64.5 Å². The third-order valence-corrected chi connectivity index (χ3v) is 4.19. The Kier molecular flexibility index (Phi) is 3.20. The zero-order valence-corrected chi connectivity index (χ0v) is 11.6. The van der Waals surface area contributed by atoms with Gasteiger partial charge in [0.25, 0.3) is 5.69 Å². The van der Waals surface area contributed by atoms with Crippen LogP contribution < -0.4 is 0 Å². The second kappa shape index (κ2) is 5.02. The van der Waals surface area contributed by atoms with E-state index in [0.717, 1.165) is 9.79 Å². The second-order valence-electron chi connectivity index (χ2n) is 4.47. The Morgan fingerprint density at radius 1 is 1.10 bits per heavy atom. The first-order chi connectivity index (χ1) is 9.65. The maximum absolute atomic E-state index is 10.6. The van der Waals surface area contributed by atoms with E-state index in [-0.39, 0.29) is 10.6 Å². The number of hydrogen-bond acceptors (Lipinski definition) is 3. The molecular weight excluding hydrogens is 272 g/mol. The second-order valence-corrected chi connectivity index (χ2v) is 5.59. The fraction of sp³-hybridized carbons (Fsp3) is 0.0667. The molecule has 5 heteroatoms. The zero-order chi connectivity index (χ0) is 14.1. The van der Waals surface area contributed by atoms with Crippen molar-refractivity contribution in [1.82, 2.24) is 4.57 Å². The average molecular weight is 284 g/mol.